The molecule has 9 aliphatic carbocycles. The molecule has 6 saturated carbocycles. The minimum atomic E-state index is -4.90. The van der Waals surface area contributed by atoms with Gasteiger partial charge in [0.15, 0.2) is 0 Å². The molecule has 0 amide bonds. The van der Waals surface area contributed by atoms with Crippen molar-refractivity contribution in [2.24, 2.45) is 86.3 Å². The third kappa shape index (κ3) is 9.74. The van der Waals surface area contributed by atoms with E-state index in [0.29, 0.717) is 25.7 Å². The second-order valence-corrected chi connectivity index (χ2v) is 31.3. The van der Waals surface area contributed by atoms with Gasteiger partial charge in [-0.1, -0.05) is 84.6 Å². The van der Waals surface area contributed by atoms with Crippen molar-refractivity contribution in [2.45, 2.75) is 232 Å². The lowest BCUT2D eigenvalue weighted by Crippen LogP contribution is -2.59. The molecule has 17 nitrogen and oxygen atoms in total. The molecule has 0 unspecified atom stereocenters. The first kappa shape index (κ1) is 57.1. The number of hydrogen-bond donors (Lipinski definition) is 7. The number of allylic oxidation sites excluding steroid dienone is 2. The molecule has 23 atom stereocenters. The van der Waals surface area contributed by atoms with Gasteiger partial charge in [0.25, 0.3) is 0 Å². The largest absolute Gasteiger partial charge is 0.397 e. The Morgan fingerprint density at radius 1 is 0.667 bits per heavy atom. The van der Waals surface area contributed by atoms with Gasteiger partial charge in [-0.15, -0.1) is 0 Å². The molecule has 2 bridgehead atoms. The van der Waals surface area contributed by atoms with Gasteiger partial charge in [0.2, 0.25) is 0 Å². The fourth-order valence-corrected chi connectivity index (χ4v) is 22.3. The standard InChI is InChI=1S/C55H88O17S3/c1-28(34-11-13-36-32-21-44(70-73(60,61)62)40-23-41(56)46(72-75(66,67)68)26-53(40,8)38(32)16-18-51(34,36)6)10-15-47-55(59)24-31(50(4,5)27-55)20-43(69-47)29(2)35-12-14-37-33-22-45(71-74(63,64)65)48-30(3)49(58)42(57)25-54(48,9)39(33)17-19-52(35,37)7/h28-31,34-35,37-38,40-49,56-59H,10-27H2,1-9H3,(H,60,61,62)(H,63,64,65)(H,66,67,68)/t28-,29+,30-,31-,34-,35-,37-,38+,40-,41-,42+,43-,44+,45+,46+,47+,48-,49-,51-,52-,53-,54-,55-/m1/s1. The van der Waals surface area contributed by atoms with E-state index in [0.717, 1.165) is 69.8 Å². The average molecular weight is 1120 g/mol. The van der Waals surface area contributed by atoms with Gasteiger partial charge >= 0.3 is 31.2 Å². The molecule has 10 aliphatic rings. The molecule has 0 aromatic carbocycles. The highest BCUT2D eigenvalue weighted by Crippen LogP contribution is 2.70. The lowest BCUT2D eigenvalue weighted by Gasteiger charge is -2.59. The predicted octanol–water partition coefficient (Wildman–Crippen LogP) is 8.14. The van der Waals surface area contributed by atoms with Gasteiger partial charge in [0.05, 0.1) is 48.3 Å². The zero-order chi connectivity index (χ0) is 54.8. The fourth-order valence-electron chi connectivity index (χ4n) is 20.8. The van der Waals surface area contributed by atoms with Crippen LogP contribution in [0, 0.1) is 86.3 Å². The molecule has 0 aromatic rings. The van der Waals surface area contributed by atoms with Crippen molar-refractivity contribution >= 4 is 31.2 Å². The van der Waals surface area contributed by atoms with E-state index in [2.05, 4.69) is 48.5 Å². The van der Waals surface area contributed by atoms with Crippen molar-refractivity contribution < 1.29 is 76.6 Å². The monoisotopic (exact) mass is 1120 g/mol. The van der Waals surface area contributed by atoms with Gasteiger partial charge < -0.3 is 25.2 Å². The highest BCUT2D eigenvalue weighted by atomic mass is 32.3. The van der Waals surface area contributed by atoms with Crippen molar-refractivity contribution in [2.75, 3.05) is 0 Å². The minimum absolute atomic E-state index is 0.0311. The van der Waals surface area contributed by atoms with Crippen LogP contribution in [0.5, 0.6) is 0 Å². The lowest BCUT2D eigenvalue weighted by atomic mass is 9.47. The molecule has 1 heterocycles. The van der Waals surface area contributed by atoms with Crippen LogP contribution < -0.4 is 0 Å². The molecule has 7 fully saturated rings. The van der Waals surface area contributed by atoms with Gasteiger partial charge in [-0.3, -0.25) is 13.7 Å². The second-order valence-electron chi connectivity index (χ2n) is 28.2. The zero-order valence-electron chi connectivity index (χ0n) is 45.6. The van der Waals surface area contributed by atoms with E-state index in [9.17, 15) is 59.3 Å². The number of rotatable bonds is 12. The van der Waals surface area contributed by atoms with E-state index in [-0.39, 0.29) is 95.6 Å². The Kier molecular flexibility index (Phi) is 14.5. The summed E-state index contributed by atoms with van der Waals surface area (Å²) in [4.78, 5) is 0. The van der Waals surface area contributed by atoms with Gasteiger partial charge in [0.1, 0.15) is 6.10 Å². The molecule has 428 valence electrons. The Bertz CT molecular complexity index is 2660. The maximum absolute atomic E-state index is 12.8. The van der Waals surface area contributed by atoms with Crippen LogP contribution in [0.2, 0.25) is 0 Å². The van der Waals surface area contributed by atoms with Crippen LogP contribution in [0.25, 0.3) is 0 Å². The molecule has 20 heteroatoms. The molecule has 1 saturated heterocycles. The Morgan fingerprint density at radius 3 is 1.92 bits per heavy atom. The van der Waals surface area contributed by atoms with E-state index in [4.69, 9.17) is 17.3 Å². The van der Waals surface area contributed by atoms with Crippen molar-refractivity contribution in [1.29, 1.82) is 0 Å². The molecule has 1 aliphatic heterocycles. The summed E-state index contributed by atoms with van der Waals surface area (Å²) in [5, 5.41) is 46.0. The lowest BCUT2D eigenvalue weighted by molar-refractivity contribution is -0.157. The molecule has 75 heavy (non-hydrogen) atoms. The van der Waals surface area contributed by atoms with Gasteiger partial charge in [-0.25, -0.2) is 12.5 Å². The molecule has 0 aromatic heterocycles. The van der Waals surface area contributed by atoms with Crippen LogP contribution in [0.3, 0.4) is 0 Å². The Morgan fingerprint density at radius 2 is 1.27 bits per heavy atom. The number of aliphatic hydroxyl groups excluding tert-OH is 3. The van der Waals surface area contributed by atoms with Gasteiger partial charge in [-0.05, 0) is 196 Å². The second kappa shape index (κ2) is 19.0. The first-order valence-corrected chi connectivity index (χ1v) is 32.5. The van der Waals surface area contributed by atoms with Crippen molar-refractivity contribution in [3.05, 3.63) is 22.3 Å². The maximum atomic E-state index is 12.8. The van der Waals surface area contributed by atoms with Crippen LogP contribution in [0.15, 0.2) is 22.3 Å². The van der Waals surface area contributed by atoms with E-state index in [1.807, 2.05) is 13.8 Å². The molecule has 7 N–H and O–H groups in total. The summed E-state index contributed by atoms with van der Waals surface area (Å²) in [5.74, 6) is -0.165. The van der Waals surface area contributed by atoms with Crippen LogP contribution in [-0.2, 0) is 48.5 Å². The number of fused-ring (bicyclic) bond motifs is 10. The predicted molar refractivity (Wildman–Crippen MR) is 276 cm³/mol. The smallest absolute Gasteiger partial charge is 0.390 e. The average Bonchev–Trinajstić information content (AvgIpc) is 3.85. The fraction of sp³-hybridized carbons (Fsp3) is 0.927. The summed E-state index contributed by atoms with van der Waals surface area (Å²) < 4.78 is 126. The van der Waals surface area contributed by atoms with E-state index >= 15 is 0 Å². The number of aliphatic hydroxyl groups is 4. The topological polar surface area (TPSA) is 281 Å². The Balaban J connectivity index is 0.883. The van der Waals surface area contributed by atoms with Crippen LogP contribution in [0.1, 0.15) is 178 Å². The van der Waals surface area contributed by atoms with Crippen molar-refractivity contribution in [3.63, 3.8) is 0 Å². The molecular weight excluding hydrogens is 1030 g/mol. The quantitative estimate of drug-likeness (QED) is 0.0717. The summed E-state index contributed by atoms with van der Waals surface area (Å²) in [7, 11) is -14.6. The van der Waals surface area contributed by atoms with E-state index in [1.165, 1.54) is 16.7 Å². The third-order valence-corrected chi connectivity index (χ3v) is 25.5. The number of hydrogen-bond acceptors (Lipinski definition) is 14. The normalized spacial score (nSPS) is 49.4. The van der Waals surface area contributed by atoms with Crippen LogP contribution in [-0.4, -0.2) is 114 Å². The highest BCUT2D eigenvalue weighted by Gasteiger charge is 2.65. The summed E-state index contributed by atoms with van der Waals surface area (Å²) >= 11 is 0. The van der Waals surface area contributed by atoms with E-state index in [1.54, 1.807) is 0 Å². The molecule has 10 rings (SSSR count). The molecule has 0 radical (unpaired) electrons. The molecule has 0 spiro atoms. The first-order valence-electron chi connectivity index (χ1n) is 28.4. The van der Waals surface area contributed by atoms with Gasteiger partial charge in [-0.2, -0.15) is 25.3 Å². The highest BCUT2D eigenvalue weighted by molar-refractivity contribution is 7.81. The Hall–Kier alpha value is -1.11. The summed E-state index contributed by atoms with van der Waals surface area (Å²) in [6.45, 7) is 19.8. The van der Waals surface area contributed by atoms with Crippen molar-refractivity contribution in [1.82, 2.24) is 0 Å². The third-order valence-electron chi connectivity index (χ3n) is 24.0. The minimum Gasteiger partial charge on any atom is -0.390 e. The summed E-state index contributed by atoms with van der Waals surface area (Å²) in [6, 6.07) is 0. The van der Waals surface area contributed by atoms with Gasteiger partial charge in [0, 0.05) is 5.92 Å². The first-order chi connectivity index (χ1) is 34.5. The maximum Gasteiger partial charge on any atom is 0.397 e. The summed E-state index contributed by atoms with van der Waals surface area (Å²) in [5.41, 5.74) is 1.93. The Labute approximate surface area is 446 Å². The number of ether oxygens (including phenoxy) is 1. The SMILES string of the molecule is C[C@H]1[C@@H](O)[C@@H](O)C[C@]2(C)C3=C(C[C@H](OS(=O)(=O)O)[C@@H]12)[C@H]1CC[C@H]([C@H](C)[C@H]2C[C@@H]4C[C@@](O)(CC4(C)C)[C@H](CC[C@@H](C)[C@H]4CCC5=C6C[C@H](OS(=O)(=O)O)[C@H]7C[C@@H](O)[C@@H](OS(=O)(=O)O)C[C@]7(C)[C@H]6CC[C@@]54C)O2)[C@@]1(C)CC3. The van der Waals surface area contributed by atoms with E-state index < -0.39 is 102 Å². The van der Waals surface area contributed by atoms with Crippen LogP contribution in [0.4, 0.5) is 0 Å². The zero-order valence-corrected chi connectivity index (χ0v) is 48.0. The summed E-state index contributed by atoms with van der Waals surface area (Å²) in [6.07, 6.45) is 4.54. The molecular formula is C55H88O17S3. The van der Waals surface area contributed by atoms with Crippen molar-refractivity contribution in [3.8, 4) is 0 Å². The van der Waals surface area contributed by atoms with Crippen LogP contribution >= 0.6 is 0 Å².